The van der Waals surface area contributed by atoms with Gasteiger partial charge in [0.1, 0.15) is 0 Å². The van der Waals surface area contributed by atoms with Crippen LogP contribution in [0.2, 0.25) is 0 Å². The lowest BCUT2D eigenvalue weighted by Crippen LogP contribution is -2.37. The van der Waals surface area contributed by atoms with Crippen LogP contribution in [0.3, 0.4) is 0 Å². The van der Waals surface area contributed by atoms with Gasteiger partial charge in [-0.3, -0.25) is 19.8 Å². The normalized spacial score (nSPS) is 11.2. The van der Waals surface area contributed by atoms with Gasteiger partial charge in [0, 0.05) is 30.3 Å². The van der Waals surface area contributed by atoms with Crippen LogP contribution < -0.4 is 4.90 Å². The summed E-state index contributed by atoms with van der Waals surface area (Å²) in [6, 6.07) is 8.67. The summed E-state index contributed by atoms with van der Waals surface area (Å²) in [4.78, 5) is 32.7. The number of nitrogens with zero attached hydrogens (tertiary/aromatic N) is 4. The van der Waals surface area contributed by atoms with Gasteiger partial charge in [0.15, 0.2) is 5.13 Å². The molecule has 1 heterocycles. The molecular weight excluding hydrogens is 388 g/mol. The Kier molecular flexibility index (Phi) is 5.95. The molecule has 152 valence electrons. The summed E-state index contributed by atoms with van der Waals surface area (Å²) in [5.41, 5.74) is 3.77. The maximum atomic E-state index is 13.4. The average molecular weight is 413 g/mol. The van der Waals surface area contributed by atoms with Crippen LogP contribution in [0.25, 0.3) is 10.2 Å². The predicted molar refractivity (Wildman–Crippen MR) is 117 cm³/mol. The van der Waals surface area contributed by atoms with E-state index in [0.717, 1.165) is 21.3 Å². The number of aromatic nitrogens is 1. The number of benzene rings is 2. The Labute approximate surface area is 173 Å². The Morgan fingerprint density at radius 3 is 2.48 bits per heavy atom. The molecule has 0 aliphatic carbocycles. The van der Waals surface area contributed by atoms with Gasteiger partial charge in [-0.05, 0) is 58.1 Å². The number of nitro groups is 1. The quantitative estimate of drug-likeness (QED) is 0.444. The second-order valence-corrected chi connectivity index (χ2v) is 8.33. The Morgan fingerprint density at radius 2 is 1.83 bits per heavy atom. The SMILES string of the molecule is Cc1ccc2sc(N(CCN(C)C)C(=O)c3cccc([N+](=O)[O-])c3C)nc2c1C. The number of hydrogen-bond acceptors (Lipinski definition) is 6. The van der Waals surface area contributed by atoms with Crippen LogP contribution in [0, 0.1) is 30.9 Å². The van der Waals surface area contributed by atoms with Crippen LogP contribution in [0.5, 0.6) is 0 Å². The van der Waals surface area contributed by atoms with E-state index in [0.29, 0.717) is 29.3 Å². The number of likely N-dealkylation sites (N-methyl/N-ethyl adjacent to an activating group) is 1. The van der Waals surface area contributed by atoms with Gasteiger partial charge < -0.3 is 4.90 Å². The zero-order valence-corrected chi connectivity index (χ0v) is 18.0. The van der Waals surface area contributed by atoms with Crippen LogP contribution in [-0.4, -0.2) is 47.9 Å². The molecule has 0 radical (unpaired) electrons. The van der Waals surface area contributed by atoms with Crippen LogP contribution in [0.4, 0.5) is 10.8 Å². The molecule has 0 unspecified atom stereocenters. The summed E-state index contributed by atoms with van der Waals surface area (Å²) >= 11 is 1.46. The summed E-state index contributed by atoms with van der Waals surface area (Å²) in [5.74, 6) is -0.276. The number of nitro benzene ring substituents is 1. The lowest BCUT2D eigenvalue weighted by Gasteiger charge is -2.22. The predicted octanol–water partition coefficient (Wildman–Crippen LogP) is 4.34. The summed E-state index contributed by atoms with van der Waals surface area (Å²) in [5, 5.41) is 11.9. The number of anilines is 1. The highest BCUT2D eigenvalue weighted by Crippen LogP contribution is 2.33. The van der Waals surface area contributed by atoms with Gasteiger partial charge in [-0.25, -0.2) is 4.98 Å². The van der Waals surface area contributed by atoms with Crippen molar-refractivity contribution in [3.8, 4) is 0 Å². The van der Waals surface area contributed by atoms with Gasteiger partial charge in [0.05, 0.1) is 15.1 Å². The maximum Gasteiger partial charge on any atom is 0.273 e. The maximum absolute atomic E-state index is 13.4. The standard InChI is InChI=1S/C21H24N4O3S/c1-13-9-10-18-19(14(13)2)22-21(29-18)24(12-11-23(4)5)20(26)16-7-6-8-17(15(16)3)25(27)28/h6-10H,11-12H2,1-5H3. The molecule has 0 aliphatic heterocycles. The monoisotopic (exact) mass is 412 g/mol. The molecule has 7 nitrogen and oxygen atoms in total. The van der Waals surface area contributed by atoms with Gasteiger partial charge in [-0.1, -0.05) is 23.5 Å². The fourth-order valence-corrected chi connectivity index (χ4v) is 4.16. The first-order chi connectivity index (χ1) is 13.7. The molecule has 0 atom stereocenters. The van der Waals surface area contributed by atoms with E-state index < -0.39 is 4.92 Å². The van der Waals surface area contributed by atoms with Gasteiger partial charge >= 0.3 is 0 Å². The summed E-state index contributed by atoms with van der Waals surface area (Å²) in [6.45, 7) is 6.76. The minimum atomic E-state index is -0.458. The Bertz CT molecular complexity index is 1090. The third-order valence-electron chi connectivity index (χ3n) is 5.05. The van der Waals surface area contributed by atoms with Crippen molar-refractivity contribution in [2.75, 3.05) is 32.1 Å². The topological polar surface area (TPSA) is 79.6 Å². The number of amides is 1. The van der Waals surface area contributed by atoms with E-state index in [1.807, 2.05) is 38.9 Å². The molecule has 0 N–H and O–H groups in total. The number of carbonyl (C=O) groups is 1. The van der Waals surface area contributed by atoms with Crippen molar-refractivity contribution in [2.45, 2.75) is 20.8 Å². The molecule has 0 bridgehead atoms. The molecule has 0 spiro atoms. The smallest absolute Gasteiger partial charge is 0.273 e. The molecule has 8 heteroatoms. The minimum absolute atomic E-state index is 0.0563. The van der Waals surface area contributed by atoms with Crippen molar-refractivity contribution < 1.29 is 9.72 Å². The number of fused-ring (bicyclic) bond motifs is 1. The number of aryl methyl sites for hydroxylation is 2. The largest absolute Gasteiger partial charge is 0.308 e. The zero-order chi connectivity index (χ0) is 21.3. The van der Waals surface area contributed by atoms with E-state index in [-0.39, 0.29) is 11.6 Å². The first-order valence-corrected chi connectivity index (χ1v) is 10.1. The van der Waals surface area contributed by atoms with Crippen LogP contribution in [-0.2, 0) is 0 Å². The molecule has 3 aromatic rings. The fourth-order valence-electron chi connectivity index (χ4n) is 3.11. The number of rotatable bonds is 6. The van der Waals surface area contributed by atoms with Gasteiger partial charge in [-0.2, -0.15) is 0 Å². The van der Waals surface area contributed by atoms with E-state index in [4.69, 9.17) is 4.98 Å². The van der Waals surface area contributed by atoms with Crippen molar-refractivity contribution in [1.29, 1.82) is 0 Å². The Hall–Kier alpha value is -2.84. The Morgan fingerprint density at radius 1 is 1.10 bits per heavy atom. The van der Waals surface area contributed by atoms with Crippen LogP contribution in [0.1, 0.15) is 27.0 Å². The highest BCUT2D eigenvalue weighted by atomic mass is 32.1. The number of thiazole rings is 1. The molecule has 1 aromatic heterocycles. The van der Waals surface area contributed by atoms with E-state index in [2.05, 4.69) is 6.07 Å². The highest BCUT2D eigenvalue weighted by molar-refractivity contribution is 7.22. The molecular formula is C21H24N4O3S. The molecule has 0 aliphatic rings. The van der Waals surface area contributed by atoms with Gasteiger partial charge in [-0.15, -0.1) is 0 Å². The van der Waals surface area contributed by atoms with Crippen molar-refractivity contribution in [1.82, 2.24) is 9.88 Å². The van der Waals surface area contributed by atoms with E-state index in [1.165, 1.54) is 17.4 Å². The van der Waals surface area contributed by atoms with Gasteiger partial charge in [0.25, 0.3) is 11.6 Å². The molecule has 3 rings (SSSR count). The first-order valence-electron chi connectivity index (χ1n) is 9.28. The Balaban J connectivity index is 2.09. The third kappa shape index (κ3) is 4.13. The third-order valence-corrected chi connectivity index (χ3v) is 6.10. The average Bonchev–Trinajstić information content (AvgIpc) is 3.09. The lowest BCUT2D eigenvalue weighted by atomic mass is 10.1. The summed E-state index contributed by atoms with van der Waals surface area (Å²) in [7, 11) is 3.88. The molecule has 0 saturated heterocycles. The van der Waals surface area contributed by atoms with E-state index >= 15 is 0 Å². The molecule has 0 fully saturated rings. The zero-order valence-electron chi connectivity index (χ0n) is 17.2. The van der Waals surface area contributed by atoms with E-state index in [9.17, 15) is 14.9 Å². The molecule has 0 saturated carbocycles. The van der Waals surface area contributed by atoms with Crippen molar-refractivity contribution in [3.63, 3.8) is 0 Å². The van der Waals surface area contributed by atoms with Crippen molar-refractivity contribution >= 4 is 38.3 Å². The molecule has 29 heavy (non-hydrogen) atoms. The number of carbonyl (C=O) groups excluding carboxylic acids is 1. The highest BCUT2D eigenvalue weighted by Gasteiger charge is 2.26. The minimum Gasteiger partial charge on any atom is -0.308 e. The van der Waals surface area contributed by atoms with Crippen LogP contribution in [0.15, 0.2) is 30.3 Å². The molecule has 1 amide bonds. The fraction of sp³-hybridized carbons (Fsp3) is 0.333. The van der Waals surface area contributed by atoms with E-state index in [1.54, 1.807) is 24.0 Å². The second kappa shape index (κ2) is 8.26. The van der Waals surface area contributed by atoms with Crippen LogP contribution >= 0.6 is 11.3 Å². The lowest BCUT2D eigenvalue weighted by molar-refractivity contribution is -0.385. The number of hydrogen-bond donors (Lipinski definition) is 0. The van der Waals surface area contributed by atoms with Gasteiger partial charge in [0.2, 0.25) is 0 Å². The summed E-state index contributed by atoms with van der Waals surface area (Å²) < 4.78 is 1.02. The molecule has 2 aromatic carbocycles. The second-order valence-electron chi connectivity index (χ2n) is 7.32. The van der Waals surface area contributed by atoms with Crippen molar-refractivity contribution in [2.24, 2.45) is 0 Å². The summed E-state index contributed by atoms with van der Waals surface area (Å²) in [6.07, 6.45) is 0. The first kappa shape index (κ1) is 20.9. The van der Waals surface area contributed by atoms with Crippen molar-refractivity contribution in [3.05, 3.63) is 62.7 Å².